The standard InChI is InChI=1S/C12H15BrOSe/c1-2-3-8-15-9-12(14)10-4-6-11(13)7-5-10/h4-7H,2-3,8-9H2,1H3. The van der Waals surface area contributed by atoms with Gasteiger partial charge >= 0.3 is 106 Å². The van der Waals surface area contributed by atoms with Crippen molar-refractivity contribution in [1.82, 2.24) is 0 Å². The molecular weight excluding hydrogens is 319 g/mol. The quantitative estimate of drug-likeness (QED) is 0.437. The second-order valence-electron chi connectivity index (χ2n) is 3.34. The number of ketones is 1. The first-order valence-corrected chi connectivity index (χ1v) is 8.32. The second kappa shape index (κ2) is 7.21. The maximum atomic E-state index is 11.7. The summed E-state index contributed by atoms with van der Waals surface area (Å²) in [5.74, 6) is 0.290. The van der Waals surface area contributed by atoms with Gasteiger partial charge in [0.25, 0.3) is 0 Å². The minimum atomic E-state index is 0.290. The van der Waals surface area contributed by atoms with Crippen LogP contribution in [0.3, 0.4) is 0 Å². The molecule has 0 aromatic heterocycles. The molecule has 0 aliphatic heterocycles. The van der Waals surface area contributed by atoms with Crippen LogP contribution in [0.1, 0.15) is 30.1 Å². The predicted molar refractivity (Wildman–Crippen MR) is 68.7 cm³/mol. The molecule has 0 amide bonds. The molecule has 0 atom stereocenters. The van der Waals surface area contributed by atoms with Crippen LogP contribution in [0.4, 0.5) is 0 Å². The third kappa shape index (κ3) is 4.96. The first kappa shape index (κ1) is 13.0. The summed E-state index contributed by atoms with van der Waals surface area (Å²) in [5.41, 5.74) is 0.844. The first-order chi connectivity index (χ1) is 7.24. The van der Waals surface area contributed by atoms with E-state index in [0.717, 1.165) is 15.4 Å². The van der Waals surface area contributed by atoms with Gasteiger partial charge in [0.2, 0.25) is 0 Å². The Bertz CT molecular complexity index is 308. The van der Waals surface area contributed by atoms with Crippen LogP contribution in [0.5, 0.6) is 0 Å². The van der Waals surface area contributed by atoms with E-state index in [0.29, 0.717) is 20.7 Å². The zero-order valence-electron chi connectivity index (χ0n) is 8.83. The van der Waals surface area contributed by atoms with Crippen LogP contribution >= 0.6 is 15.9 Å². The van der Waals surface area contributed by atoms with Gasteiger partial charge in [-0.1, -0.05) is 0 Å². The Morgan fingerprint density at radius 1 is 1.33 bits per heavy atom. The molecule has 0 radical (unpaired) electrons. The molecule has 15 heavy (non-hydrogen) atoms. The molecule has 0 heterocycles. The average molecular weight is 334 g/mol. The minimum absolute atomic E-state index is 0.290. The number of carbonyl (C=O) groups is 1. The molecule has 0 aliphatic carbocycles. The van der Waals surface area contributed by atoms with Crippen LogP contribution in [-0.2, 0) is 0 Å². The van der Waals surface area contributed by atoms with E-state index in [1.54, 1.807) is 0 Å². The van der Waals surface area contributed by atoms with E-state index >= 15 is 0 Å². The van der Waals surface area contributed by atoms with Crippen molar-refractivity contribution in [3.8, 4) is 0 Å². The fourth-order valence-corrected chi connectivity index (χ4v) is 3.47. The van der Waals surface area contributed by atoms with E-state index in [4.69, 9.17) is 0 Å². The van der Waals surface area contributed by atoms with Crippen LogP contribution in [0, 0.1) is 0 Å². The van der Waals surface area contributed by atoms with Crippen molar-refractivity contribution in [2.75, 3.05) is 0 Å². The van der Waals surface area contributed by atoms with Gasteiger partial charge in [0, 0.05) is 0 Å². The molecule has 0 spiro atoms. The monoisotopic (exact) mass is 334 g/mol. The number of Topliss-reactive ketones (excluding diaryl/α,β-unsaturated/α-hetero) is 1. The molecule has 0 saturated heterocycles. The van der Waals surface area contributed by atoms with Crippen molar-refractivity contribution in [1.29, 1.82) is 0 Å². The van der Waals surface area contributed by atoms with Crippen LogP contribution in [-0.4, -0.2) is 20.7 Å². The number of carbonyl (C=O) groups excluding carboxylic acids is 1. The summed E-state index contributed by atoms with van der Waals surface area (Å²) in [6, 6.07) is 7.63. The number of hydrogen-bond acceptors (Lipinski definition) is 1. The SMILES string of the molecule is CCCC[Se]CC(=O)c1ccc(Br)cc1. The van der Waals surface area contributed by atoms with Crippen LogP contribution < -0.4 is 0 Å². The Labute approximate surface area is 106 Å². The van der Waals surface area contributed by atoms with E-state index in [2.05, 4.69) is 22.9 Å². The normalized spacial score (nSPS) is 10.3. The second-order valence-corrected chi connectivity index (χ2v) is 6.57. The molecule has 0 bridgehead atoms. The van der Waals surface area contributed by atoms with Crippen LogP contribution in [0.25, 0.3) is 0 Å². The van der Waals surface area contributed by atoms with Crippen molar-refractivity contribution in [3.05, 3.63) is 34.3 Å². The number of benzene rings is 1. The summed E-state index contributed by atoms with van der Waals surface area (Å²) in [5, 5.41) is 1.97. The number of halogens is 1. The molecular formula is C12H15BrOSe. The molecule has 0 N–H and O–H groups in total. The van der Waals surface area contributed by atoms with Gasteiger partial charge in [0.05, 0.1) is 0 Å². The Kier molecular flexibility index (Phi) is 6.23. The van der Waals surface area contributed by atoms with Gasteiger partial charge in [-0.3, -0.25) is 0 Å². The van der Waals surface area contributed by atoms with E-state index in [1.807, 2.05) is 24.3 Å². The summed E-state index contributed by atoms with van der Waals surface area (Å²) in [7, 11) is 0. The summed E-state index contributed by atoms with van der Waals surface area (Å²) in [4.78, 5) is 11.7. The van der Waals surface area contributed by atoms with Crippen molar-refractivity contribution in [2.24, 2.45) is 0 Å². The van der Waals surface area contributed by atoms with E-state index in [9.17, 15) is 4.79 Å². The van der Waals surface area contributed by atoms with Gasteiger partial charge in [-0.05, 0) is 0 Å². The molecule has 1 nitrogen and oxygen atoms in total. The van der Waals surface area contributed by atoms with Crippen molar-refractivity contribution in [3.63, 3.8) is 0 Å². The Balaban J connectivity index is 2.37. The molecule has 3 heteroatoms. The molecule has 0 saturated carbocycles. The predicted octanol–water partition coefficient (Wildman–Crippen LogP) is 3.97. The fraction of sp³-hybridized carbons (Fsp3) is 0.417. The van der Waals surface area contributed by atoms with Gasteiger partial charge in [-0.25, -0.2) is 0 Å². The first-order valence-electron chi connectivity index (χ1n) is 5.10. The van der Waals surface area contributed by atoms with Crippen LogP contribution in [0.15, 0.2) is 28.7 Å². The summed E-state index contributed by atoms with van der Waals surface area (Å²) < 4.78 is 1.02. The molecule has 0 fully saturated rings. The molecule has 0 aliphatic rings. The molecule has 1 aromatic rings. The van der Waals surface area contributed by atoms with Gasteiger partial charge in [0.1, 0.15) is 0 Å². The molecule has 1 aromatic carbocycles. The third-order valence-corrected chi connectivity index (χ3v) is 4.76. The van der Waals surface area contributed by atoms with E-state index in [1.165, 1.54) is 18.2 Å². The Morgan fingerprint density at radius 2 is 2.00 bits per heavy atom. The topological polar surface area (TPSA) is 17.1 Å². The van der Waals surface area contributed by atoms with Gasteiger partial charge in [-0.2, -0.15) is 0 Å². The zero-order chi connectivity index (χ0) is 11.1. The van der Waals surface area contributed by atoms with Gasteiger partial charge in [0.15, 0.2) is 0 Å². The number of rotatable bonds is 6. The number of hydrogen-bond donors (Lipinski definition) is 0. The molecule has 0 unspecified atom stereocenters. The fourth-order valence-electron chi connectivity index (χ4n) is 1.13. The van der Waals surface area contributed by atoms with Crippen molar-refractivity contribution >= 4 is 36.7 Å². The maximum absolute atomic E-state index is 11.7. The van der Waals surface area contributed by atoms with Crippen LogP contribution in [0.2, 0.25) is 10.6 Å². The molecule has 1 rings (SSSR count). The Morgan fingerprint density at radius 3 is 2.60 bits per heavy atom. The summed E-state index contributed by atoms with van der Waals surface area (Å²) >= 11 is 3.85. The summed E-state index contributed by atoms with van der Waals surface area (Å²) in [6.07, 6.45) is 2.49. The van der Waals surface area contributed by atoms with E-state index in [-0.39, 0.29) is 0 Å². The van der Waals surface area contributed by atoms with Crippen molar-refractivity contribution in [2.45, 2.75) is 30.4 Å². The average Bonchev–Trinajstić information content (AvgIpc) is 2.25. The van der Waals surface area contributed by atoms with Crippen molar-refractivity contribution < 1.29 is 4.79 Å². The number of unbranched alkanes of at least 4 members (excludes halogenated alkanes) is 1. The van der Waals surface area contributed by atoms with Gasteiger partial charge < -0.3 is 0 Å². The van der Waals surface area contributed by atoms with Gasteiger partial charge in [-0.15, -0.1) is 0 Å². The van der Waals surface area contributed by atoms with E-state index < -0.39 is 0 Å². The summed E-state index contributed by atoms with van der Waals surface area (Å²) in [6.45, 7) is 2.19. The molecule has 82 valence electrons. The zero-order valence-corrected chi connectivity index (χ0v) is 12.1. The third-order valence-electron chi connectivity index (χ3n) is 2.04. The Hall–Kier alpha value is -0.111.